The summed E-state index contributed by atoms with van der Waals surface area (Å²) in [5.74, 6) is 0.659. The van der Waals surface area contributed by atoms with Crippen LogP contribution in [-0.2, 0) is 15.1 Å². The molecule has 1 fully saturated rings. The van der Waals surface area contributed by atoms with Gasteiger partial charge in [0, 0.05) is 13.6 Å². The molecule has 2 aromatic rings. The summed E-state index contributed by atoms with van der Waals surface area (Å²) < 4.78 is 39.1. The molecular formula is C15H28N8O7S. The largest absolute Gasteiger partial charge is 0.394 e. The van der Waals surface area contributed by atoms with Crippen molar-refractivity contribution in [2.45, 2.75) is 31.0 Å². The van der Waals surface area contributed by atoms with Gasteiger partial charge in [-0.2, -0.15) is 8.42 Å². The van der Waals surface area contributed by atoms with Crippen LogP contribution >= 0.6 is 0 Å². The van der Waals surface area contributed by atoms with Crippen molar-refractivity contribution in [2.24, 2.45) is 0 Å². The summed E-state index contributed by atoms with van der Waals surface area (Å²) in [6.45, 7) is 2.12. The molecule has 4 atom stereocenters. The first-order valence-corrected chi connectivity index (χ1v) is 10.7. The lowest BCUT2D eigenvalue weighted by molar-refractivity contribution is -0.0328. The van der Waals surface area contributed by atoms with E-state index in [0.717, 1.165) is 19.5 Å². The molecule has 1 aliphatic heterocycles. The lowest BCUT2D eigenvalue weighted by Crippen LogP contribution is -2.38. The molecule has 0 radical (unpaired) electrons. The van der Waals surface area contributed by atoms with Gasteiger partial charge in [0.2, 0.25) is 5.95 Å². The Kier molecular flexibility index (Phi) is 8.83. The second kappa shape index (κ2) is 10.9. The first-order valence-electron chi connectivity index (χ1n) is 9.31. The van der Waals surface area contributed by atoms with Crippen LogP contribution in [-0.4, -0.2) is 99.3 Å². The SMILES string of the molecule is CNCCCNC[C@H]1O[C@@H](n2c(NC)nc3c(N)ncnc32)[C@H](O)[C@@H]1O.O=S(=O)(O)O. The molecule has 0 unspecified atom stereocenters. The number of nitrogens with one attached hydrogen (secondary N) is 3. The Morgan fingerprint density at radius 3 is 2.48 bits per heavy atom. The first kappa shape index (κ1) is 25.1. The van der Waals surface area contributed by atoms with Gasteiger partial charge in [0.1, 0.15) is 24.6 Å². The monoisotopic (exact) mass is 464 g/mol. The van der Waals surface area contributed by atoms with E-state index in [1.807, 2.05) is 7.05 Å². The van der Waals surface area contributed by atoms with E-state index >= 15 is 0 Å². The molecule has 15 nitrogen and oxygen atoms in total. The molecule has 31 heavy (non-hydrogen) atoms. The number of aliphatic hydroxyl groups excluding tert-OH is 2. The van der Waals surface area contributed by atoms with Gasteiger partial charge < -0.3 is 36.6 Å². The van der Waals surface area contributed by atoms with Crippen molar-refractivity contribution in [3.63, 3.8) is 0 Å². The van der Waals surface area contributed by atoms with E-state index in [1.165, 1.54) is 6.33 Å². The summed E-state index contributed by atoms with van der Waals surface area (Å²) in [6.07, 6.45) is -1.26. The fourth-order valence-corrected chi connectivity index (χ4v) is 3.09. The number of ether oxygens (including phenoxy) is 1. The maximum absolute atomic E-state index is 10.5. The number of nitrogens with zero attached hydrogens (tertiary/aromatic N) is 4. The van der Waals surface area contributed by atoms with Gasteiger partial charge in [0.15, 0.2) is 23.2 Å². The highest BCUT2D eigenvalue weighted by molar-refractivity contribution is 7.79. The number of imidazole rings is 1. The molecule has 0 spiro atoms. The lowest BCUT2D eigenvalue weighted by Gasteiger charge is -2.19. The summed E-state index contributed by atoms with van der Waals surface area (Å²) in [6, 6.07) is 0. The minimum Gasteiger partial charge on any atom is -0.387 e. The molecular weight excluding hydrogens is 436 g/mol. The Labute approximate surface area is 178 Å². The molecule has 0 aliphatic carbocycles. The van der Waals surface area contributed by atoms with Crippen molar-refractivity contribution in [2.75, 3.05) is 44.8 Å². The Balaban J connectivity index is 0.000000614. The topological polar surface area (TPSA) is 230 Å². The third-order valence-electron chi connectivity index (χ3n) is 4.45. The average Bonchev–Trinajstić information content (AvgIpc) is 3.19. The number of hydrogen-bond donors (Lipinski definition) is 8. The number of aromatic nitrogens is 4. The molecule has 9 N–H and O–H groups in total. The number of aliphatic hydroxyl groups is 2. The average molecular weight is 465 g/mol. The maximum Gasteiger partial charge on any atom is 0.394 e. The van der Waals surface area contributed by atoms with E-state index in [-0.39, 0.29) is 5.82 Å². The van der Waals surface area contributed by atoms with Gasteiger partial charge >= 0.3 is 10.4 Å². The smallest absolute Gasteiger partial charge is 0.387 e. The van der Waals surface area contributed by atoms with Crippen LogP contribution in [0, 0.1) is 0 Å². The number of nitrogen functional groups attached to an aromatic ring is 1. The van der Waals surface area contributed by atoms with E-state index in [9.17, 15) is 10.2 Å². The molecule has 0 bridgehead atoms. The van der Waals surface area contributed by atoms with E-state index in [0.29, 0.717) is 23.7 Å². The van der Waals surface area contributed by atoms with Gasteiger partial charge in [-0.3, -0.25) is 13.7 Å². The molecule has 3 heterocycles. The number of fused-ring (bicyclic) bond motifs is 1. The van der Waals surface area contributed by atoms with E-state index < -0.39 is 34.9 Å². The van der Waals surface area contributed by atoms with Gasteiger partial charge in [0.05, 0.1) is 0 Å². The lowest BCUT2D eigenvalue weighted by atomic mass is 10.1. The highest BCUT2D eigenvalue weighted by atomic mass is 32.3. The first-order chi connectivity index (χ1) is 14.6. The number of anilines is 2. The van der Waals surface area contributed by atoms with Gasteiger partial charge in [-0.25, -0.2) is 15.0 Å². The van der Waals surface area contributed by atoms with Crippen molar-refractivity contribution < 1.29 is 32.5 Å². The zero-order valence-corrected chi connectivity index (χ0v) is 17.8. The molecule has 0 aromatic carbocycles. The van der Waals surface area contributed by atoms with Crippen LogP contribution in [0.1, 0.15) is 12.6 Å². The zero-order valence-electron chi connectivity index (χ0n) is 17.0. The van der Waals surface area contributed by atoms with E-state index in [1.54, 1.807) is 11.6 Å². The number of rotatable bonds is 8. The quantitative estimate of drug-likeness (QED) is 0.151. The van der Waals surface area contributed by atoms with Crippen LogP contribution in [0.5, 0.6) is 0 Å². The Bertz CT molecular complexity index is 948. The Morgan fingerprint density at radius 1 is 1.19 bits per heavy atom. The molecule has 1 saturated heterocycles. The number of nitrogens with two attached hydrogens (primary N) is 1. The Hall–Kier alpha value is -2.18. The molecule has 2 aromatic heterocycles. The Morgan fingerprint density at radius 2 is 1.87 bits per heavy atom. The van der Waals surface area contributed by atoms with E-state index in [2.05, 4.69) is 30.9 Å². The second-order valence-corrected chi connectivity index (χ2v) is 7.54. The van der Waals surface area contributed by atoms with Gasteiger partial charge in [0.25, 0.3) is 0 Å². The van der Waals surface area contributed by atoms with Crippen molar-refractivity contribution >= 4 is 33.3 Å². The predicted molar refractivity (Wildman–Crippen MR) is 111 cm³/mol. The molecule has 3 rings (SSSR count). The molecule has 176 valence electrons. The van der Waals surface area contributed by atoms with Crippen molar-refractivity contribution in [3.05, 3.63) is 6.33 Å². The highest BCUT2D eigenvalue weighted by Crippen LogP contribution is 2.34. The summed E-state index contributed by atoms with van der Waals surface area (Å²) in [5.41, 5.74) is 6.71. The van der Waals surface area contributed by atoms with Crippen LogP contribution in [0.2, 0.25) is 0 Å². The minimum atomic E-state index is -4.67. The van der Waals surface area contributed by atoms with Gasteiger partial charge in [-0.15, -0.1) is 0 Å². The fraction of sp³-hybridized carbons (Fsp3) is 0.667. The standard InChI is InChI=1S/C15H26N8O3.H2O4S/c1-17-4-3-5-19-6-8-10(24)11(25)14(26-8)23-13-9(22-15(23)18-2)12(16)20-7-21-13;1-5(2,3)4/h7-8,10-11,14,17,19,24-25H,3-6H2,1-2H3,(H,18,22)(H2,16,20,21);(H2,1,2,3,4)/t8-,10-,11-,14-;/m1./s1. The van der Waals surface area contributed by atoms with Gasteiger partial charge in [-0.05, 0) is 26.6 Å². The van der Waals surface area contributed by atoms with Crippen LogP contribution in [0.15, 0.2) is 6.33 Å². The normalized spacial score (nSPS) is 23.5. The van der Waals surface area contributed by atoms with Crippen LogP contribution < -0.4 is 21.7 Å². The predicted octanol–water partition coefficient (Wildman–Crippen LogP) is -2.38. The summed E-state index contributed by atoms with van der Waals surface area (Å²) in [5, 5.41) is 30.1. The third kappa shape index (κ3) is 6.65. The van der Waals surface area contributed by atoms with E-state index in [4.69, 9.17) is 28.0 Å². The van der Waals surface area contributed by atoms with Crippen LogP contribution in [0.3, 0.4) is 0 Å². The van der Waals surface area contributed by atoms with Crippen molar-refractivity contribution in [1.82, 2.24) is 30.2 Å². The minimum absolute atomic E-state index is 0.237. The van der Waals surface area contributed by atoms with Gasteiger partial charge in [-0.1, -0.05) is 0 Å². The molecule has 0 amide bonds. The molecule has 16 heteroatoms. The van der Waals surface area contributed by atoms with Crippen molar-refractivity contribution in [1.29, 1.82) is 0 Å². The molecule has 1 aliphatic rings. The summed E-state index contributed by atoms with van der Waals surface area (Å²) >= 11 is 0. The summed E-state index contributed by atoms with van der Waals surface area (Å²) in [4.78, 5) is 12.5. The summed E-state index contributed by atoms with van der Waals surface area (Å²) in [7, 11) is -1.07. The second-order valence-electron chi connectivity index (χ2n) is 6.64. The number of hydrogen-bond acceptors (Lipinski definition) is 12. The third-order valence-corrected chi connectivity index (χ3v) is 4.45. The molecule has 0 saturated carbocycles. The fourth-order valence-electron chi connectivity index (χ4n) is 3.09. The van der Waals surface area contributed by atoms with Crippen LogP contribution in [0.4, 0.5) is 11.8 Å². The maximum atomic E-state index is 10.5. The zero-order chi connectivity index (χ0) is 23.2. The van der Waals surface area contributed by atoms with Crippen LogP contribution in [0.25, 0.3) is 11.2 Å². The highest BCUT2D eigenvalue weighted by Gasteiger charge is 2.45. The van der Waals surface area contributed by atoms with Crippen molar-refractivity contribution in [3.8, 4) is 0 Å².